The van der Waals surface area contributed by atoms with Crippen molar-refractivity contribution in [2.75, 3.05) is 26.4 Å². The largest absolute Gasteiger partial charge is 0.342 e. The highest BCUT2D eigenvalue weighted by molar-refractivity contribution is 7.49. The Hall–Kier alpha value is 0.350. The van der Waals surface area contributed by atoms with Crippen molar-refractivity contribution in [1.82, 2.24) is 4.67 Å². The van der Waals surface area contributed by atoms with Gasteiger partial charge in [0.05, 0.1) is 6.61 Å². The smallest absolute Gasteiger partial charge is 0.101 e. The highest BCUT2D eigenvalue weighted by Gasteiger charge is 2.19. The molecule has 1 fully saturated rings. The van der Waals surface area contributed by atoms with E-state index in [4.69, 9.17) is 4.52 Å². The van der Waals surface area contributed by atoms with Gasteiger partial charge in [0.1, 0.15) is 8.30 Å². The first-order valence-electron chi connectivity index (χ1n) is 3.46. The number of rotatable bonds is 2. The molecular formula is C6H14NOP. The van der Waals surface area contributed by atoms with E-state index in [1.54, 1.807) is 0 Å². The van der Waals surface area contributed by atoms with E-state index in [1.807, 2.05) is 0 Å². The summed E-state index contributed by atoms with van der Waals surface area (Å²) in [7, 11) is -0.201. The fourth-order valence-corrected chi connectivity index (χ4v) is 2.37. The van der Waals surface area contributed by atoms with Gasteiger partial charge in [-0.15, -0.1) is 0 Å². The molecule has 0 bridgehead atoms. The van der Waals surface area contributed by atoms with Gasteiger partial charge in [-0.25, -0.2) is 0 Å². The molecule has 0 aromatic rings. The number of nitrogens with zero attached hydrogens (tertiary/aromatic N) is 1. The predicted molar refractivity (Wildman–Crippen MR) is 40.7 cm³/mol. The molecule has 54 valence electrons. The first-order chi connectivity index (χ1) is 4.34. The van der Waals surface area contributed by atoms with Gasteiger partial charge in [0, 0.05) is 13.1 Å². The van der Waals surface area contributed by atoms with Crippen molar-refractivity contribution < 1.29 is 4.52 Å². The maximum atomic E-state index is 5.41. The highest BCUT2D eigenvalue weighted by atomic mass is 31.2. The lowest BCUT2D eigenvalue weighted by Gasteiger charge is -2.16. The van der Waals surface area contributed by atoms with Gasteiger partial charge in [-0.2, -0.15) is 0 Å². The van der Waals surface area contributed by atoms with Crippen LogP contribution in [0.1, 0.15) is 13.3 Å². The van der Waals surface area contributed by atoms with E-state index in [-0.39, 0.29) is 8.30 Å². The highest BCUT2D eigenvalue weighted by Crippen LogP contribution is 2.41. The Morgan fingerprint density at radius 2 is 2.44 bits per heavy atom. The van der Waals surface area contributed by atoms with Crippen LogP contribution in [0.3, 0.4) is 0 Å². The molecule has 1 rings (SSSR count). The van der Waals surface area contributed by atoms with Crippen LogP contribution in [0.15, 0.2) is 0 Å². The third-order valence-electron chi connectivity index (χ3n) is 1.51. The van der Waals surface area contributed by atoms with E-state index >= 15 is 0 Å². The second kappa shape index (κ2) is 3.50. The van der Waals surface area contributed by atoms with Gasteiger partial charge in [0.15, 0.2) is 0 Å². The summed E-state index contributed by atoms with van der Waals surface area (Å²) in [5.41, 5.74) is 0. The minimum absolute atomic E-state index is 0.201. The van der Waals surface area contributed by atoms with E-state index in [1.165, 1.54) is 13.0 Å². The maximum Gasteiger partial charge on any atom is 0.101 e. The molecule has 0 N–H and O–H groups in total. The molecule has 0 amide bonds. The number of hydrogen-bond acceptors (Lipinski definition) is 2. The zero-order valence-corrected chi connectivity index (χ0v) is 7.03. The second-order valence-corrected chi connectivity index (χ2v) is 4.00. The number of hydrogen-bond donors (Lipinski definition) is 0. The summed E-state index contributed by atoms with van der Waals surface area (Å²) in [6.07, 6.45) is 1.25. The average Bonchev–Trinajstić information content (AvgIpc) is 2.18. The summed E-state index contributed by atoms with van der Waals surface area (Å²) in [6.45, 7) is 7.69. The summed E-state index contributed by atoms with van der Waals surface area (Å²) < 4.78 is 7.83. The summed E-state index contributed by atoms with van der Waals surface area (Å²) in [4.78, 5) is 0. The van der Waals surface area contributed by atoms with E-state index in [2.05, 4.69) is 18.3 Å². The van der Waals surface area contributed by atoms with Gasteiger partial charge >= 0.3 is 0 Å². The summed E-state index contributed by atoms with van der Waals surface area (Å²) in [5.74, 6) is 0. The summed E-state index contributed by atoms with van der Waals surface area (Å²) in [6, 6.07) is 0. The van der Waals surface area contributed by atoms with Gasteiger partial charge in [-0.05, 0) is 13.1 Å². The van der Waals surface area contributed by atoms with Crippen LogP contribution in [-0.4, -0.2) is 31.0 Å². The Morgan fingerprint density at radius 1 is 1.67 bits per heavy atom. The fraction of sp³-hybridized carbons (Fsp3) is 1.00. The van der Waals surface area contributed by atoms with Gasteiger partial charge < -0.3 is 4.52 Å². The minimum atomic E-state index is -0.201. The zero-order valence-electron chi connectivity index (χ0n) is 6.13. The lowest BCUT2D eigenvalue weighted by molar-refractivity contribution is 0.391. The molecule has 0 saturated carbocycles. The van der Waals surface area contributed by atoms with Crippen LogP contribution >= 0.6 is 8.30 Å². The topological polar surface area (TPSA) is 12.5 Å². The van der Waals surface area contributed by atoms with E-state index in [0.717, 1.165) is 13.2 Å². The Kier molecular flexibility index (Phi) is 2.90. The lowest BCUT2D eigenvalue weighted by Crippen LogP contribution is -2.14. The molecule has 9 heavy (non-hydrogen) atoms. The lowest BCUT2D eigenvalue weighted by atomic mass is 10.5. The van der Waals surface area contributed by atoms with Crippen LogP contribution in [0.2, 0.25) is 0 Å². The maximum absolute atomic E-state index is 5.41. The van der Waals surface area contributed by atoms with Gasteiger partial charge in [0.25, 0.3) is 0 Å². The normalized spacial score (nSPS) is 29.3. The standard InChI is InChI=1S/C6H14NOP/c1-3-4-7-5-6-8-9(7)2/h3-6H2,1-2H3/t9-/m0/s1. The molecule has 1 aliphatic rings. The van der Waals surface area contributed by atoms with Crippen LogP contribution in [0, 0.1) is 0 Å². The molecule has 0 aromatic carbocycles. The van der Waals surface area contributed by atoms with Gasteiger partial charge in [0.2, 0.25) is 0 Å². The van der Waals surface area contributed by atoms with Crippen molar-refractivity contribution in [2.45, 2.75) is 13.3 Å². The Balaban J connectivity index is 2.22. The first kappa shape index (κ1) is 7.46. The van der Waals surface area contributed by atoms with Gasteiger partial charge in [-0.3, -0.25) is 4.67 Å². The molecule has 0 unspecified atom stereocenters. The molecule has 0 spiro atoms. The third-order valence-corrected chi connectivity index (χ3v) is 3.26. The Morgan fingerprint density at radius 3 is 2.89 bits per heavy atom. The van der Waals surface area contributed by atoms with Crippen molar-refractivity contribution in [3.63, 3.8) is 0 Å². The minimum Gasteiger partial charge on any atom is -0.342 e. The molecule has 0 radical (unpaired) electrons. The monoisotopic (exact) mass is 147 g/mol. The summed E-state index contributed by atoms with van der Waals surface area (Å²) in [5, 5.41) is 0. The van der Waals surface area contributed by atoms with E-state index in [0.29, 0.717) is 0 Å². The van der Waals surface area contributed by atoms with Crippen LogP contribution in [0.5, 0.6) is 0 Å². The molecule has 1 saturated heterocycles. The Bertz CT molecular complexity index is 89.1. The van der Waals surface area contributed by atoms with Crippen molar-refractivity contribution in [3.8, 4) is 0 Å². The molecule has 0 aromatic heterocycles. The second-order valence-electron chi connectivity index (χ2n) is 2.25. The predicted octanol–water partition coefficient (Wildman–Crippen LogP) is 1.67. The van der Waals surface area contributed by atoms with Crippen LogP contribution in [0.25, 0.3) is 0 Å². The van der Waals surface area contributed by atoms with Crippen molar-refractivity contribution >= 4 is 8.30 Å². The molecule has 2 nitrogen and oxygen atoms in total. The van der Waals surface area contributed by atoms with Gasteiger partial charge in [-0.1, -0.05) is 6.92 Å². The SMILES string of the molecule is CCCN1CCO[P@@]1C. The van der Waals surface area contributed by atoms with Crippen LogP contribution in [0.4, 0.5) is 0 Å². The Labute approximate surface area is 58.1 Å². The third kappa shape index (κ3) is 1.89. The van der Waals surface area contributed by atoms with Crippen molar-refractivity contribution in [3.05, 3.63) is 0 Å². The molecule has 3 heteroatoms. The van der Waals surface area contributed by atoms with Crippen molar-refractivity contribution in [1.29, 1.82) is 0 Å². The quantitative estimate of drug-likeness (QED) is 0.551. The fourth-order valence-electron chi connectivity index (χ4n) is 1.01. The molecular weight excluding hydrogens is 133 g/mol. The van der Waals surface area contributed by atoms with Crippen molar-refractivity contribution in [2.24, 2.45) is 0 Å². The zero-order chi connectivity index (χ0) is 6.69. The van der Waals surface area contributed by atoms with Crippen LogP contribution < -0.4 is 0 Å². The average molecular weight is 147 g/mol. The first-order valence-corrected chi connectivity index (χ1v) is 5.12. The van der Waals surface area contributed by atoms with Crippen LogP contribution in [-0.2, 0) is 4.52 Å². The van der Waals surface area contributed by atoms with E-state index in [9.17, 15) is 0 Å². The molecule has 1 heterocycles. The molecule has 1 atom stereocenters. The molecule has 0 aliphatic carbocycles. The van der Waals surface area contributed by atoms with E-state index < -0.39 is 0 Å². The summed E-state index contributed by atoms with van der Waals surface area (Å²) >= 11 is 0. The molecule has 1 aliphatic heterocycles.